The van der Waals surface area contributed by atoms with Crippen molar-refractivity contribution in [3.05, 3.63) is 65.0 Å². The number of aryl methyl sites for hydroxylation is 2. The van der Waals surface area contributed by atoms with Gasteiger partial charge in [-0.3, -0.25) is 9.78 Å². The molecular weight excluding hydrogens is 300 g/mol. The fourth-order valence-corrected chi connectivity index (χ4v) is 3.43. The number of benzene rings is 1. The molecule has 24 heavy (non-hydrogen) atoms. The lowest BCUT2D eigenvalue weighted by Crippen LogP contribution is -2.42. The monoisotopic (exact) mass is 324 g/mol. The molecule has 3 rings (SSSR count). The molecule has 0 saturated carbocycles. The van der Waals surface area contributed by atoms with Gasteiger partial charge in [-0.05, 0) is 55.4 Å². The number of hydrogen-bond acceptors (Lipinski definition) is 3. The van der Waals surface area contributed by atoms with Crippen LogP contribution in [0.3, 0.4) is 0 Å². The van der Waals surface area contributed by atoms with Gasteiger partial charge in [-0.25, -0.2) is 0 Å². The van der Waals surface area contributed by atoms with Crippen molar-refractivity contribution in [2.45, 2.75) is 44.6 Å². The van der Waals surface area contributed by atoms with E-state index in [1.54, 1.807) is 6.20 Å². The van der Waals surface area contributed by atoms with Crippen LogP contribution in [0.25, 0.3) is 0 Å². The molecule has 0 aliphatic heterocycles. The number of nitrogens with one attached hydrogen (secondary N) is 1. The van der Waals surface area contributed by atoms with E-state index in [-0.39, 0.29) is 24.5 Å². The van der Waals surface area contributed by atoms with Crippen molar-refractivity contribution in [2.24, 2.45) is 0 Å². The van der Waals surface area contributed by atoms with Crippen LogP contribution in [-0.2, 0) is 17.6 Å². The summed E-state index contributed by atoms with van der Waals surface area (Å²) < 4.78 is 0. The van der Waals surface area contributed by atoms with E-state index in [1.165, 1.54) is 11.1 Å². The minimum atomic E-state index is -0.271. The number of amides is 1. The van der Waals surface area contributed by atoms with Gasteiger partial charge < -0.3 is 10.4 Å². The van der Waals surface area contributed by atoms with Crippen molar-refractivity contribution >= 4 is 5.91 Å². The molecule has 1 aromatic heterocycles. The molecule has 4 nitrogen and oxygen atoms in total. The maximum Gasteiger partial charge on any atom is 0.229 e. The minimum Gasteiger partial charge on any atom is -0.394 e. The summed E-state index contributed by atoms with van der Waals surface area (Å²) >= 11 is 0. The number of fused-ring (bicyclic) bond motifs is 1. The molecule has 0 bridgehead atoms. The van der Waals surface area contributed by atoms with Gasteiger partial charge in [0.1, 0.15) is 0 Å². The normalized spacial score (nSPS) is 17.8. The lowest BCUT2D eigenvalue weighted by molar-refractivity contribution is -0.124. The van der Waals surface area contributed by atoms with Crippen molar-refractivity contribution in [3.63, 3.8) is 0 Å². The number of hydrogen-bond donors (Lipinski definition) is 2. The molecule has 1 aromatic carbocycles. The Morgan fingerprint density at radius 1 is 1.33 bits per heavy atom. The van der Waals surface area contributed by atoms with E-state index in [2.05, 4.69) is 16.4 Å². The molecule has 1 aliphatic carbocycles. The second-order valence-electron chi connectivity index (χ2n) is 6.51. The molecule has 1 amide bonds. The van der Waals surface area contributed by atoms with Crippen molar-refractivity contribution in [1.29, 1.82) is 0 Å². The Morgan fingerprint density at radius 2 is 2.17 bits per heavy atom. The molecule has 4 heteroatoms. The third-order valence-corrected chi connectivity index (χ3v) is 4.81. The Morgan fingerprint density at radius 3 is 2.96 bits per heavy atom. The van der Waals surface area contributed by atoms with Gasteiger partial charge in [-0.1, -0.05) is 30.3 Å². The van der Waals surface area contributed by atoms with Gasteiger partial charge in [-0.15, -0.1) is 0 Å². The van der Waals surface area contributed by atoms with Crippen molar-refractivity contribution in [3.8, 4) is 0 Å². The molecule has 2 atom stereocenters. The SMILES string of the molecule is Cc1ccccc1C[C@H](CO)NC(=O)[C@H]1CCCc2cccnc21. The molecule has 0 unspecified atom stereocenters. The fraction of sp³-hybridized carbons (Fsp3) is 0.400. The average Bonchev–Trinajstić information content (AvgIpc) is 2.62. The van der Waals surface area contributed by atoms with Crippen LogP contribution in [0, 0.1) is 6.92 Å². The molecule has 2 aromatic rings. The summed E-state index contributed by atoms with van der Waals surface area (Å²) in [6.45, 7) is 1.98. The Hall–Kier alpha value is -2.20. The third kappa shape index (κ3) is 3.65. The zero-order chi connectivity index (χ0) is 16.9. The zero-order valence-corrected chi connectivity index (χ0v) is 14.0. The summed E-state index contributed by atoms with van der Waals surface area (Å²) in [5, 5.41) is 12.7. The van der Waals surface area contributed by atoms with Gasteiger partial charge in [-0.2, -0.15) is 0 Å². The number of nitrogens with zero attached hydrogens (tertiary/aromatic N) is 1. The number of carbonyl (C=O) groups excluding carboxylic acids is 1. The Kier molecular flexibility index (Phi) is 5.26. The smallest absolute Gasteiger partial charge is 0.229 e. The molecule has 2 N–H and O–H groups in total. The summed E-state index contributed by atoms with van der Waals surface area (Å²) in [7, 11) is 0. The van der Waals surface area contributed by atoms with E-state index in [0.29, 0.717) is 6.42 Å². The predicted molar refractivity (Wildman–Crippen MR) is 93.8 cm³/mol. The van der Waals surface area contributed by atoms with E-state index in [9.17, 15) is 9.90 Å². The highest BCUT2D eigenvalue weighted by Crippen LogP contribution is 2.30. The Labute approximate surface area is 142 Å². The van der Waals surface area contributed by atoms with E-state index in [4.69, 9.17) is 0 Å². The average molecular weight is 324 g/mol. The molecule has 0 fully saturated rings. The van der Waals surface area contributed by atoms with E-state index in [0.717, 1.165) is 30.5 Å². The molecule has 0 radical (unpaired) electrons. The number of aliphatic hydroxyl groups excluding tert-OH is 1. The summed E-state index contributed by atoms with van der Waals surface area (Å²) in [5.74, 6) is -0.233. The number of rotatable bonds is 5. The van der Waals surface area contributed by atoms with E-state index < -0.39 is 0 Å². The van der Waals surface area contributed by atoms with Gasteiger partial charge in [0, 0.05) is 6.20 Å². The molecule has 1 aliphatic rings. The number of aliphatic hydroxyl groups is 1. The first-order valence-electron chi connectivity index (χ1n) is 8.58. The Balaban J connectivity index is 1.71. The minimum absolute atomic E-state index is 0.0257. The van der Waals surface area contributed by atoms with Gasteiger partial charge in [0.05, 0.1) is 24.3 Å². The van der Waals surface area contributed by atoms with Crippen LogP contribution in [0.2, 0.25) is 0 Å². The second kappa shape index (κ2) is 7.58. The molecule has 0 saturated heterocycles. The lowest BCUT2D eigenvalue weighted by atomic mass is 9.86. The summed E-state index contributed by atoms with van der Waals surface area (Å²) in [6, 6.07) is 11.8. The van der Waals surface area contributed by atoms with Crippen molar-refractivity contribution < 1.29 is 9.90 Å². The van der Waals surface area contributed by atoms with Crippen LogP contribution in [-0.4, -0.2) is 28.6 Å². The molecular formula is C20H24N2O2. The summed E-state index contributed by atoms with van der Waals surface area (Å²) in [4.78, 5) is 17.2. The van der Waals surface area contributed by atoms with Crippen LogP contribution in [0.4, 0.5) is 0 Å². The van der Waals surface area contributed by atoms with E-state index in [1.807, 2.05) is 37.3 Å². The number of pyridine rings is 1. The largest absolute Gasteiger partial charge is 0.394 e. The Bertz CT molecular complexity index is 714. The van der Waals surface area contributed by atoms with Gasteiger partial charge in [0.25, 0.3) is 0 Å². The van der Waals surface area contributed by atoms with Crippen molar-refractivity contribution in [2.75, 3.05) is 6.61 Å². The first-order valence-corrected chi connectivity index (χ1v) is 8.58. The number of carbonyl (C=O) groups is 1. The quantitative estimate of drug-likeness (QED) is 0.888. The fourth-order valence-electron chi connectivity index (χ4n) is 3.43. The molecule has 1 heterocycles. The van der Waals surface area contributed by atoms with Gasteiger partial charge in [0.15, 0.2) is 0 Å². The first-order chi connectivity index (χ1) is 11.7. The van der Waals surface area contributed by atoms with E-state index >= 15 is 0 Å². The van der Waals surface area contributed by atoms with Crippen molar-refractivity contribution in [1.82, 2.24) is 10.3 Å². The van der Waals surface area contributed by atoms with Gasteiger partial charge in [0.2, 0.25) is 5.91 Å². The van der Waals surface area contributed by atoms with Crippen LogP contribution >= 0.6 is 0 Å². The highest BCUT2D eigenvalue weighted by Gasteiger charge is 2.28. The third-order valence-electron chi connectivity index (χ3n) is 4.81. The second-order valence-corrected chi connectivity index (χ2v) is 6.51. The number of aromatic nitrogens is 1. The molecule has 126 valence electrons. The topological polar surface area (TPSA) is 62.2 Å². The summed E-state index contributed by atoms with van der Waals surface area (Å²) in [5.41, 5.74) is 4.39. The predicted octanol–water partition coefficient (Wildman–Crippen LogP) is 2.53. The summed E-state index contributed by atoms with van der Waals surface area (Å²) in [6.07, 6.45) is 5.19. The lowest BCUT2D eigenvalue weighted by Gasteiger charge is -2.26. The first kappa shape index (κ1) is 16.7. The maximum atomic E-state index is 12.7. The molecule has 0 spiro atoms. The highest BCUT2D eigenvalue weighted by molar-refractivity contribution is 5.84. The maximum absolute atomic E-state index is 12.7. The zero-order valence-electron chi connectivity index (χ0n) is 14.0. The van der Waals surface area contributed by atoms with Crippen LogP contribution in [0.1, 0.15) is 41.1 Å². The van der Waals surface area contributed by atoms with Crippen LogP contribution in [0.5, 0.6) is 0 Å². The standard InChI is InChI=1S/C20H24N2O2/c1-14-6-2-3-7-16(14)12-17(13-23)22-20(24)18-10-4-8-15-9-5-11-21-19(15)18/h2-3,5-7,9,11,17-18,23H,4,8,10,12-13H2,1H3,(H,22,24)/t17-,18+/m1/s1. The highest BCUT2D eigenvalue weighted by atomic mass is 16.3. The van der Waals surface area contributed by atoms with Gasteiger partial charge >= 0.3 is 0 Å². The van der Waals surface area contributed by atoms with Crippen LogP contribution < -0.4 is 5.32 Å². The van der Waals surface area contributed by atoms with Crippen LogP contribution in [0.15, 0.2) is 42.6 Å².